The van der Waals surface area contributed by atoms with Crippen molar-refractivity contribution in [2.75, 3.05) is 20.6 Å². The lowest BCUT2D eigenvalue weighted by molar-refractivity contribution is -0.917. The second-order valence-electron chi connectivity index (χ2n) is 8.74. The van der Waals surface area contributed by atoms with Gasteiger partial charge in [0.2, 0.25) is 5.91 Å². The molecule has 0 bridgehead atoms. The molecule has 0 aliphatic carbocycles. The third-order valence-electron chi connectivity index (χ3n) is 5.81. The molecule has 1 N–H and O–H groups in total. The summed E-state index contributed by atoms with van der Waals surface area (Å²) in [5, 5.41) is 3.07. The van der Waals surface area contributed by atoms with Crippen LogP contribution in [0.4, 0.5) is 0 Å². The van der Waals surface area contributed by atoms with Gasteiger partial charge >= 0.3 is 0 Å². The second-order valence-corrected chi connectivity index (χ2v) is 8.74. The number of nitrogens with zero attached hydrogens (tertiary/aromatic N) is 1. The highest BCUT2D eigenvalue weighted by molar-refractivity contribution is 5.86. The van der Waals surface area contributed by atoms with Gasteiger partial charge in [0.1, 0.15) is 0 Å². The third kappa shape index (κ3) is 14.8. The van der Waals surface area contributed by atoms with E-state index in [0.717, 1.165) is 17.4 Å². The Morgan fingerprint density at radius 2 is 1.22 bits per heavy atom. The molecule has 0 heterocycles. The van der Waals surface area contributed by atoms with E-state index in [9.17, 15) is 4.79 Å². The van der Waals surface area contributed by atoms with Crippen molar-refractivity contribution in [3.63, 3.8) is 0 Å². The molecule has 0 spiro atoms. The Morgan fingerprint density at radius 1 is 0.815 bits per heavy atom. The van der Waals surface area contributed by atoms with Crippen molar-refractivity contribution in [2.24, 2.45) is 0 Å². The first-order valence-corrected chi connectivity index (χ1v) is 11.7. The summed E-state index contributed by atoms with van der Waals surface area (Å²) in [6.07, 6.45) is 22.0. The van der Waals surface area contributed by atoms with E-state index in [2.05, 4.69) is 39.8 Å². The Morgan fingerprint density at radius 3 is 1.59 bits per heavy atom. The van der Waals surface area contributed by atoms with Gasteiger partial charge in [-0.15, -0.1) is 0 Å². The van der Waals surface area contributed by atoms with Crippen LogP contribution in [0.5, 0.6) is 0 Å². The van der Waals surface area contributed by atoms with E-state index < -0.39 is 0 Å². The summed E-state index contributed by atoms with van der Waals surface area (Å²) in [6, 6.07) is 0. The lowest BCUT2D eigenvalue weighted by Gasteiger charge is -2.37. The molecule has 160 valence electrons. The van der Waals surface area contributed by atoms with Crippen LogP contribution in [-0.4, -0.2) is 37.2 Å². The summed E-state index contributed by atoms with van der Waals surface area (Å²) in [7, 11) is 4.44. The highest BCUT2D eigenvalue weighted by Gasteiger charge is 2.26. The first-order chi connectivity index (χ1) is 13.0. The van der Waals surface area contributed by atoms with Gasteiger partial charge in [0.05, 0.1) is 20.6 Å². The number of unbranched alkanes of at least 4 members (excludes halogenated alkanes) is 13. The van der Waals surface area contributed by atoms with Gasteiger partial charge in [-0.05, 0) is 18.9 Å². The monoisotopic (exact) mass is 381 g/mol. The van der Waals surface area contributed by atoms with Crippen molar-refractivity contribution < 1.29 is 9.28 Å². The number of quaternary nitrogens is 1. The van der Waals surface area contributed by atoms with E-state index >= 15 is 0 Å². The largest absolute Gasteiger partial charge is 0.309 e. The fraction of sp³-hybridized carbons (Fsp3) is 0.875. The zero-order valence-corrected chi connectivity index (χ0v) is 19.0. The number of nitrogens with one attached hydrogen (secondary N) is 1. The van der Waals surface area contributed by atoms with Crippen LogP contribution in [0.1, 0.15) is 110 Å². The molecule has 1 amide bonds. The van der Waals surface area contributed by atoms with E-state index in [1.165, 1.54) is 96.0 Å². The van der Waals surface area contributed by atoms with Crippen molar-refractivity contribution in [1.82, 2.24) is 5.32 Å². The zero-order valence-electron chi connectivity index (χ0n) is 19.0. The first-order valence-electron chi connectivity index (χ1n) is 11.7. The van der Waals surface area contributed by atoms with E-state index in [-0.39, 0.29) is 12.1 Å². The van der Waals surface area contributed by atoms with Gasteiger partial charge in [-0.3, -0.25) is 4.79 Å². The molecule has 0 saturated carbocycles. The van der Waals surface area contributed by atoms with Gasteiger partial charge in [-0.1, -0.05) is 97.5 Å². The molecular formula is C24H49N2O+. The Kier molecular flexibility index (Phi) is 16.7. The van der Waals surface area contributed by atoms with Crippen molar-refractivity contribution in [3.05, 3.63) is 12.7 Å². The van der Waals surface area contributed by atoms with Gasteiger partial charge in [0.15, 0.2) is 6.17 Å². The molecule has 0 aromatic heterocycles. The Balaban J connectivity index is 3.56. The molecule has 1 unspecified atom stereocenters. The van der Waals surface area contributed by atoms with Crippen LogP contribution in [0.15, 0.2) is 12.7 Å². The van der Waals surface area contributed by atoms with Gasteiger partial charge in [-0.25, -0.2) is 0 Å². The molecule has 0 radical (unpaired) electrons. The van der Waals surface area contributed by atoms with E-state index in [1.54, 1.807) is 0 Å². The van der Waals surface area contributed by atoms with Crippen molar-refractivity contribution >= 4 is 5.91 Å². The Bertz CT molecular complexity index is 365. The number of hydrogen-bond donors (Lipinski definition) is 1. The summed E-state index contributed by atoms with van der Waals surface area (Å²) < 4.78 is 0.855. The molecule has 27 heavy (non-hydrogen) atoms. The summed E-state index contributed by atoms with van der Waals surface area (Å²) in [4.78, 5) is 11.6. The summed E-state index contributed by atoms with van der Waals surface area (Å²) in [5.41, 5.74) is 0. The molecule has 0 rings (SSSR count). The van der Waals surface area contributed by atoms with Crippen LogP contribution in [0, 0.1) is 0 Å². The minimum absolute atomic E-state index is 0.0611. The molecule has 3 nitrogen and oxygen atoms in total. The molecule has 0 aliphatic heterocycles. The van der Waals surface area contributed by atoms with Gasteiger partial charge < -0.3 is 9.80 Å². The van der Waals surface area contributed by atoms with Crippen LogP contribution in [0.3, 0.4) is 0 Å². The summed E-state index contributed by atoms with van der Waals surface area (Å²) in [6.45, 7) is 9.09. The Hall–Kier alpha value is -0.830. The standard InChI is InChI=1S/C24H48N2O/c1-6-9-10-11-12-13-14-15-16-17-18-19-20-21-22-26(4,5)23(7-2)25-24(27)8-3/h8,23H,3,6-7,9-22H2,1-2,4-5H3/p+1. The van der Waals surface area contributed by atoms with Crippen LogP contribution >= 0.6 is 0 Å². The molecule has 0 aliphatic rings. The van der Waals surface area contributed by atoms with Crippen LogP contribution in [0.25, 0.3) is 0 Å². The number of carbonyl (C=O) groups excluding carboxylic acids is 1. The number of rotatable bonds is 19. The van der Waals surface area contributed by atoms with E-state index in [0.29, 0.717) is 0 Å². The van der Waals surface area contributed by atoms with E-state index in [1.807, 2.05) is 0 Å². The highest BCUT2D eigenvalue weighted by Crippen LogP contribution is 2.15. The van der Waals surface area contributed by atoms with Crippen LogP contribution in [0.2, 0.25) is 0 Å². The van der Waals surface area contributed by atoms with Crippen LogP contribution in [-0.2, 0) is 4.79 Å². The molecule has 0 aromatic carbocycles. The number of hydrogen-bond acceptors (Lipinski definition) is 1. The quantitative estimate of drug-likeness (QED) is 0.116. The molecule has 0 saturated heterocycles. The average Bonchev–Trinajstić information content (AvgIpc) is 2.65. The first kappa shape index (κ1) is 26.2. The maximum atomic E-state index is 11.6. The SMILES string of the molecule is C=CC(=O)NC(CC)[N+](C)(C)CCCCCCCCCCCCCCCC. The fourth-order valence-corrected chi connectivity index (χ4v) is 3.86. The van der Waals surface area contributed by atoms with Gasteiger partial charge in [0, 0.05) is 6.42 Å². The van der Waals surface area contributed by atoms with Crippen molar-refractivity contribution in [3.8, 4) is 0 Å². The lowest BCUT2D eigenvalue weighted by Crippen LogP contribution is -2.57. The number of carbonyl (C=O) groups is 1. The summed E-state index contributed by atoms with van der Waals surface area (Å²) >= 11 is 0. The second kappa shape index (κ2) is 17.3. The Labute approximate surface area is 170 Å². The smallest absolute Gasteiger partial charge is 0.247 e. The van der Waals surface area contributed by atoms with Crippen molar-refractivity contribution in [1.29, 1.82) is 0 Å². The fourth-order valence-electron chi connectivity index (χ4n) is 3.86. The number of amides is 1. The molecule has 1 atom stereocenters. The predicted octanol–water partition coefficient (Wildman–Crippen LogP) is 6.58. The van der Waals surface area contributed by atoms with Crippen LogP contribution < -0.4 is 5.32 Å². The van der Waals surface area contributed by atoms with Gasteiger partial charge in [-0.2, -0.15) is 0 Å². The maximum Gasteiger partial charge on any atom is 0.247 e. The molecule has 0 fully saturated rings. The highest BCUT2D eigenvalue weighted by atomic mass is 16.1. The van der Waals surface area contributed by atoms with E-state index in [4.69, 9.17) is 0 Å². The maximum absolute atomic E-state index is 11.6. The minimum Gasteiger partial charge on any atom is -0.309 e. The average molecular weight is 382 g/mol. The van der Waals surface area contributed by atoms with Crippen molar-refractivity contribution in [2.45, 2.75) is 116 Å². The zero-order chi connectivity index (χ0) is 20.4. The molecule has 3 heteroatoms. The lowest BCUT2D eigenvalue weighted by atomic mass is 10.0. The molecular weight excluding hydrogens is 332 g/mol. The van der Waals surface area contributed by atoms with Gasteiger partial charge in [0.25, 0.3) is 0 Å². The molecule has 0 aromatic rings. The third-order valence-corrected chi connectivity index (χ3v) is 5.81. The topological polar surface area (TPSA) is 29.1 Å². The normalized spacial score (nSPS) is 12.7. The summed E-state index contributed by atoms with van der Waals surface area (Å²) in [5.74, 6) is -0.0611. The predicted molar refractivity (Wildman–Crippen MR) is 120 cm³/mol. The minimum atomic E-state index is -0.0611.